The Morgan fingerprint density at radius 3 is 2.82 bits per heavy atom. The van der Waals surface area contributed by atoms with Crippen molar-refractivity contribution in [1.29, 1.82) is 0 Å². The summed E-state index contributed by atoms with van der Waals surface area (Å²) in [6, 6.07) is 6.25. The van der Waals surface area contributed by atoms with E-state index in [0.29, 0.717) is 18.0 Å². The summed E-state index contributed by atoms with van der Waals surface area (Å²) in [6.07, 6.45) is 2.42. The van der Waals surface area contributed by atoms with Crippen molar-refractivity contribution < 1.29 is 13.2 Å². The van der Waals surface area contributed by atoms with E-state index in [9.17, 15) is 13.2 Å². The second-order valence-electron chi connectivity index (χ2n) is 5.18. The Morgan fingerprint density at radius 1 is 1.41 bits per heavy atom. The van der Waals surface area contributed by atoms with Gasteiger partial charge in [-0.2, -0.15) is 0 Å². The second-order valence-corrected chi connectivity index (χ2v) is 7.07. The second kappa shape index (κ2) is 8.47. The van der Waals surface area contributed by atoms with Gasteiger partial charge in [-0.3, -0.25) is 4.79 Å². The minimum absolute atomic E-state index is 0. The Labute approximate surface area is 137 Å². The van der Waals surface area contributed by atoms with Crippen LogP contribution in [0.4, 0.5) is 5.69 Å². The number of anilines is 1. The number of carbonyl (C=O) groups excluding carboxylic acids is 1. The van der Waals surface area contributed by atoms with Gasteiger partial charge in [0.05, 0.1) is 4.90 Å². The molecule has 1 aliphatic rings. The fraction of sp³-hybridized carbons (Fsp3) is 0.500. The molecule has 2 rings (SSSR count). The number of benzene rings is 1. The van der Waals surface area contributed by atoms with Crippen molar-refractivity contribution in [2.45, 2.75) is 24.2 Å². The first-order valence-electron chi connectivity index (χ1n) is 7.05. The summed E-state index contributed by atoms with van der Waals surface area (Å²) in [5, 5.41) is 6.02. The van der Waals surface area contributed by atoms with E-state index < -0.39 is 10.0 Å². The van der Waals surface area contributed by atoms with Crippen molar-refractivity contribution in [3.8, 4) is 0 Å². The van der Waals surface area contributed by atoms with Crippen molar-refractivity contribution in [2.75, 3.05) is 25.5 Å². The number of hydrogen-bond donors (Lipinski definition) is 3. The molecule has 1 aromatic rings. The first-order valence-corrected chi connectivity index (χ1v) is 8.54. The zero-order valence-corrected chi connectivity index (χ0v) is 14.1. The van der Waals surface area contributed by atoms with Gasteiger partial charge in [0, 0.05) is 12.1 Å². The summed E-state index contributed by atoms with van der Waals surface area (Å²) in [5.41, 5.74) is 0.501. The van der Waals surface area contributed by atoms with Crippen molar-refractivity contribution in [1.82, 2.24) is 10.0 Å². The maximum atomic E-state index is 11.9. The third-order valence-corrected chi connectivity index (χ3v) is 5.05. The molecule has 1 atom stereocenters. The van der Waals surface area contributed by atoms with Gasteiger partial charge in [-0.05, 0) is 57.1 Å². The number of nitrogens with one attached hydrogen (secondary N) is 3. The van der Waals surface area contributed by atoms with E-state index in [2.05, 4.69) is 15.4 Å². The predicted octanol–water partition coefficient (Wildman–Crippen LogP) is 1.34. The van der Waals surface area contributed by atoms with Gasteiger partial charge in [0.1, 0.15) is 0 Å². The molecule has 124 valence electrons. The number of rotatable bonds is 6. The quantitative estimate of drug-likeness (QED) is 0.724. The van der Waals surface area contributed by atoms with Gasteiger partial charge in [-0.1, -0.05) is 6.07 Å². The molecule has 3 N–H and O–H groups in total. The van der Waals surface area contributed by atoms with Crippen LogP contribution in [0.5, 0.6) is 0 Å². The molecule has 22 heavy (non-hydrogen) atoms. The summed E-state index contributed by atoms with van der Waals surface area (Å²) in [4.78, 5) is 12.0. The molecule has 6 nitrogen and oxygen atoms in total. The first kappa shape index (κ1) is 18.9. The molecule has 0 spiro atoms. The van der Waals surface area contributed by atoms with Crippen LogP contribution in [0.2, 0.25) is 0 Å². The van der Waals surface area contributed by atoms with Gasteiger partial charge in [-0.25, -0.2) is 13.1 Å². The Kier molecular flexibility index (Phi) is 7.28. The molecular formula is C14H22ClN3O3S. The molecule has 1 amide bonds. The lowest BCUT2D eigenvalue weighted by Crippen LogP contribution is -2.19. The van der Waals surface area contributed by atoms with Crippen LogP contribution in [0.25, 0.3) is 0 Å². The predicted molar refractivity (Wildman–Crippen MR) is 88.8 cm³/mol. The summed E-state index contributed by atoms with van der Waals surface area (Å²) >= 11 is 0. The van der Waals surface area contributed by atoms with Crippen LogP contribution in [0.3, 0.4) is 0 Å². The molecule has 1 fully saturated rings. The standard InChI is InChI=1S/C14H21N3O3S.ClH/c1-15-21(19,20)13-4-2-3-12(9-13)17-14(18)6-5-11-7-8-16-10-11;/h2-4,9,11,15-16H,5-8,10H2,1H3,(H,17,18);1H. The van der Waals surface area contributed by atoms with Gasteiger partial charge < -0.3 is 10.6 Å². The van der Waals surface area contributed by atoms with E-state index in [0.717, 1.165) is 25.9 Å². The van der Waals surface area contributed by atoms with Crippen molar-refractivity contribution >= 4 is 34.0 Å². The molecule has 8 heteroatoms. The van der Waals surface area contributed by atoms with Crippen molar-refractivity contribution in [3.05, 3.63) is 24.3 Å². The lowest BCUT2D eigenvalue weighted by atomic mass is 10.0. The highest BCUT2D eigenvalue weighted by atomic mass is 35.5. The Hall–Kier alpha value is -1.15. The summed E-state index contributed by atoms with van der Waals surface area (Å²) < 4.78 is 25.7. The Balaban J connectivity index is 0.00000242. The van der Waals surface area contributed by atoms with Crippen LogP contribution >= 0.6 is 12.4 Å². The zero-order chi connectivity index (χ0) is 15.3. The van der Waals surface area contributed by atoms with Gasteiger partial charge in [0.25, 0.3) is 0 Å². The van der Waals surface area contributed by atoms with E-state index in [1.54, 1.807) is 12.1 Å². The molecule has 1 aromatic carbocycles. The molecule has 1 unspecified atom stereocenters. The smallest absolute Gasteiger partial charge is 0.240 e. The number of halogens is 1. The van der Waals surface area contributed by atoms with Gasteiger partial charge in [-0.15, -0.1) is 12.4 Å². The van der Waals surface area contributed by atoms with Crippen molar-refractivity contribution in [3.63, 3.8) is 0 Å². The third-order valence-electron chi connectivity index (χ3n) is 3.64. The average Bonchev–Trinajstić information content (AvgIpc) is 2.99. The van der Waals surface area contributed by atoms with Crippen LogP contribution < -0.4 is 15.4 Å². The molecule has 1 aliphatic heterocycles. The SMILES string of the molecule is CNS(=O)(=O)c1cccc(NC(=O)CCC2CCNC2)c1.Cl. The van der Waals surface area contributed by atoms with E-state index >= 15 is 0 Å². The molecule has 1 heterocycles. The lowest BCUT2D eigenvalue weighted by molar-refractivity contribution is -0.116. The van der Waals surface area contributed by atoms with Crippen molar-refractivity contribution in [2.24, 2.45) is 5.92 Å². The van der Waals surface area contributed by atoms with Crippen LogP contribution in [0.1, 0.15) is 19.3 Å². The number of sulfonamides is 1. The molecule has 0 bridgehead atoms. The highest BCUT2D eigenvalue weighted by Crippen LogP contribution is 2.17. The molecule has 0 aromatic heterocycles. The lowest BCUT2D eigenvalue weighted by Gasteiger charge is -2.10. The number of hydrogen-bond acceptors (Lipinski definition) is 4. The van der Waals surface area contributed by atoms with Crippen LogP contribution in [-0.4, -0.2) is 34.5 Å². The minimum Gasteiger partial charge on any atom is -0.326 e. The summed E-state index contributed by atoms with van der Waals surface area (Å²) in [5.74, 6) is 0.479. The molecular weight excluding hydrogens is 326 g/mol. The fourth-order valence-corrected chi connectivity index (χ4v) is 3.15. The Bertz CT molecular complexity index is 601. The third kappa shape index (κ3) is 5.24. The van der Waals surface area contributed by atoms with Gasteiger partial charge in [0.15, 0.2) is 0 Å². The largest absolute Gasteiger partial charge is 0.326 e. The average molecular weight is 348 g/mol. The minimum atomic E-state index is -3.49. The van der Waals surface area contributed by atoms with Gasteiger partial charge >= 0.3 is 0 Å². The van der Waals surface area contributed by atoms with E-state index in [1.165, 1.54) is 19.2 Å². The van der Waals surface area contributed by atoms with Crippen LogP contribution in [0, 0.1) is 5.92 Å². The topological polar surface area (TPSA) is 87.3 Å². The summed E-state index contributed by atoms with van der Waals surface area (Å²) in [7, 11) is -2.13. The summed E-state index contributed by atoms with van der Waals surface area (Å²) in [6.45, 7) is 2.00. The monoisotopic (exact) mass is 347 g/mol. The molecule has 0 saturated carbocycles. The molecule has 1 saturated heterocycles. The Morgan fingerprint density at radius 2 is 2.18 bits per heavy atom. The fourth-order valence-electron chi connectivity index (χ4n) is 2.38. The van der Waals surface area contributed by atoms with E-state index in [4.69, 9.17) is 0 Å². The number of carbonyl (C=O) groups is 1. The van der Waals surface area contributed by atoms with Crippen LogP contribution in [-0.2, 0) is 14.8 Å². The highest BCUT2D eigenvalue weighted by Gasteiger charge is 2.16. The number of amides is 1. The highest BCUT2D eigenvalue weighted by molar-refractivity contribution is 7.89. The zero-order valence-electron chi connectivity index (χ0n) is 12.5. The maximum Gasteiger partial charge on any atom is 0.240 e. The molecule has 0 aliphatic carbocycles. The maximum absolute atomic E-state index is 11.9. The van der Waals surface area contributed by atoms with E-state index in [1.807, 2.05) is 0 Å². The van der Waals surface area contributed by atoms with Crippen LogP contribution in [0.15, 0.2) is 29.2 Å². The molecule has 0 radical (unpaired) electrons. The van der Waals surface area contributed by atoms with E-state index in [-0.39, 0.29) is 23.2 Å². The first-order chi connectivity index (χ1) is 10.0. The van der Waals surface area contributed by atoms with Gasteiger partial charge in [0.2, 0.25) is 15.9 Å². The normalized spacial score (nSPS) is 17.8.